The van der Waals surface area contributed by atoms with Crippen LogP contribution >= 0.6 is 0 Å². The monoisotopic (exact) mass is 1050 g/mol. The Morgan fingerprint density at radius 1 is 0.629 bits per heavy atom. The van der Waals surface area contributed by atoms with Crippen LogP contribution in [0.4, 0.5) is 0 Å². The van der Waals surface area contributed by atoms with E-state index >= 15 is 0 Å². The van der Waals surface area contributed by atoms with Gasteiger partial charge < -0.3 is 31.0 Å². The summed E-state index contributed by atoms with van der Waals surface area (Å²) in [5.41, 5.74) is 0.947. The first kappa shape index (κ1) is 59.5. The Labute approximate surface area is 483 Å². The highest BCUT2D eigenvalue weighted by atomic mass is 79.9. The summed E-state index contributed by atoms with van der Waals surface area (Å²) in [6, 6.07) is 14.2. The van der Waals surface area contributed by atoms with E-state index in [2.05, 4.69) is 229 Å². The molecule has 8 heteroatoms. The molecule has 0 amide bonds. The van der Waals surface area contributed by atoms with Crippen molar-refractivity contribution in [3.05, 3.63) is 24.3 Å². The highest BCUT2D eigenvalue weighted by Crippen LogP contribution is 2.23. The summed E-state index contributed by atoms with van der Waals surface area (Å²) in [7, 11) is 1.35. The first-order valence-corrected chi connectivity index (χ1v) is 22.0. The lowest BCUT2D eigenvalue weighted by atomic mass is 9.76. The molecule has 1 aliphatic rings. The molecule has 6 nitrogen and oxygen atoms in total. The average molecular weight is 1050 g/mol. The van der Waals surface area contributed by atoms with E-state index in [1.807, 2.05) is 31.3 Å². The van der Waals surface area contributed by atoms with Gasteiger partial charge in [0.2, 0.25) is 0 Å². The lowest BCUT2D eigenvalue weighted by Crippen LogP contribution is -3.00. The van der Waals surface area contributed by atoms with Crippen LogP contribution < -0.4 is 27.2 Å². The van der Waals surface area contributed by atoms with Crippen LogP contribution in [0.25, 0.3) is 0 Å². The molecule has 4 atom stereocenters. The molecule has 1 aromatic carbocycles. The minimum absolute atomic E-state index is 0. The molecule has 1 heterocycles. The standard InChI is InChI=1S/C62H47BNO5.BrH.36H2/c1-8-13-16-18-20-22-24-26-28-30-32-34-36-38-40-42-50-64(7,51-43-41-39-37-35-33-31-29-27-25-23-21-19-17-14-9-2)52-44-53-66-69-60(12-5)55-62-54-57(6)67-63(68-62)59-46-48-61(49-47-59)65-56-58(11-4)45-15-10-3;;;;;;;;;;;;;;;;;;;;;;;;;;;;;;;;;;;;;/h1-2,46-49,57-58,60,62H,10-12,15,44-45,52-56H2,3-7H3;37*1H/q+1;;;;;;;;;;;;;;;;;;;;;;;;;;;;;;;;;;;;;/p-1. The number of halogens is 1. The maximum Gasteiger partial charge on any atom is 0.494 e. The molecule has 0 aromatic heterocycles. The first-order chi connectivity index (χ1) is 33.9. The van der Waals surface area contributed by atoms with E-state index < -0.39 is 7.12 Å². The number of quaternary nitrogens is 1. The van der Waals surface area contributed by atoms with Crippen LogP contribution in [0.5, 0.6) is 5.75 Å². The highest BCUT2D eigenvalue weighted by molar-refractivity contribution is 6.61. The number of ether oxygens (including phenoxy) is 1. The summed E-state index contributed by atoms with van der Waals surface area (Å²) in [6.07, 6.45) is 17.2. The van der Waals surface area contributed by atoms with Gasteiger partial charge in [-0.2, -0.15) is 4.48 Å². The van der Waals surface area contributed by atoms with Crippen molar-refractivity contribution in [3.63, 3.8) is 0 Å². The van der Waals surface area contributed by atoms with Gasteiger partial charge in [-0.15, -0.1) is 12.8 Å². The maximum atomic E-state index is 6.44. The van der Waals surface area contributed by atoms with Crippen LogP contribution in [-0.2, 0) is 19.1 Å². The third kappa shape index (κ3) is 30.6. The van der Waals surface area contributed by atoms with Gasteiger partial charge in [0.15, 0.2) is 12.1 Å². The Bertz CT molecular complexity index is 3030. The van der Waals surface area contributed by atoms with E-state index in [1.54, 1.807) is 0 Å². The maximum absolute atomic E-state index is 6.44. The molecule has 1 fully saturated rings. The summed E-state index contributed by atoms with van der Waals surface area (Å²) in [6.45, 7) is 10.1. The average Bonchev–Trinajstić information content (AvgIpc) is 3.35. The SMILES string of the molecule is C#CC#CC#CC#CC#CC#CC#CC#CC#C[N+](C)(C#CC#CC#CC#CC#CC#CC#CC#CC#C)CCCOOC(CC)CC1CC(C)OB(c2ccc(OCC(CC)CCCC)cc2)O1.[Br-].[HH].[HH].[HH].[HH].[HH].[HH].[HH].[HH].[HH].[HH].[HH].[HH].[HH].[HH].[HH].[HH].[HH].[HH].[HH].[HH].[HH].[HH].[HH].[HH].[HH].[HH].[HH].[HH].[HH].[HH].[HH].[HH].[HH].[HH].[HH].[HH]. The summed E-state index contributed by atoms with van der Waals surface area (Å²) >= 11 is 0. The zero-order chi connectivity index (χ0) is 49.7. The summed E-state index contributed by atoms with van der Waals surface area (Å²) < 4.78 is 18.7. The van der Waals surface area contributed by atoms with Crippen LogP contribution in [-0.4, -0.2) is 56.7 Å². The Balaban J connectivity index is -0.0000000390. The van der Waals surface area contributed by atoms with Crippen molar-refractivity contribution in [3.8, 4) is 220 Å². The Hall–Kier alpha value is -8.56. The predicted octanol–water partition coefficient (Wildman–Crippen LogP) is 11.2. The third-order valence-electron chi connectivity index (χ3n) is 8.97. The molecule has 1 aliphatic heterocycles. The molecular weight excluding hydrogens is 929 g/mol. The second kappa shape index (κ2) is 40.7. The molecular formula is C62H119BBrNO5. The van der Waals surface area contributed by atoms with Gasteiger partial charge in [-0.25, -0.2) is 9.78 Å². The fourth-order valence-corrected chi connectivity index (χ4v) is 5.52. The summed E-state index contributed by atoms with van der Waals surface area (Å²) in [4.78, 5) is 11.6. The van der Waals surface area contributed by atoms with Gasteiger partial charge in [0.1, 0.15) is 12.3 Å². The van der Waals surface area contributed by atoms with Crippen molar-refractivity contribution in [2.24, 2.45) is 5.92 Å². The summed E-state index contributed by atoms with van der Waals surface area (Å²) in [5, 5.41) is 0. The molecule has 0 N–H and O–H groups in total. The van der Waals surface area contributed by atoms with Crippen molar-refractivity contribution >= 4 is 12.6 Å². The fourth-order valence-electron chi connectivity index (χ4n) is 5.52. The number of rotatable bonds is 17. The van der Waals surface area contributed by atoms with Gasteiger partial charge in [-0.05, 0) is 144 Å². The molecule has 0 saturated carbocycles. The van der Waals surface area contributed by atoms with Gasteiger partial charge in [-0.3, -0.25) is 0 Å². The van der Waals surface area contributed by atoms with Crippen molar-refractivity contribution < 1.29 is 96.6 Å². The third-order valence-corrected chi connectivity index (χ3v) is 8.97. The van der Waals surface area contributed by atoms with Gasteiger partial charge in [0.05, 0.1) is 38.2 Å². The normalized spacial score (nSPS) is 12.2. The van der Waals surface area contributed by atoms with Crippen molar-refractivity contribution in [1.82, 2.24) is 0 Å². The molecule has 0 radical (unpaired) electrons. The second-order valence-electron chi connectivity index (χ2n) is 14.3. The number of hydrogen-bond acceptors (Lipinski definition) is 5. The lowest BCUT2D eigenvalue weighted by Gasteiger charge is -2.34. The van der Waals surface area contributed by atoms with Gasteiger partial charge in [0.25, 0.3) is 0 Å². The van der Waals surface area contributed by atoms with E-state index in [4.69, 9.17) is 36.7 Å². The molecule has 412 valence electrons. The van der Waals surface area contributed by atoms with Crippen molar-refractivity contribution in [2.45, 2.75) is 97.4 Å². The molecule has 0 bridgehead atoms. The molecule has 1 saturated heterocycles. The smallest absolute Gasteiger partial charge is 0.494 e. The van der Waals surface area contributed by atoms with E-state index in [1.165, 1.54) is 19.3 Å². The number of benzene rings is 1. The topological polar surface area (TPSA) is 46.2 Å². The van der Waals surface area contributed by atoms with Gasteiger partial charge in [-0.1, -0.05) is 52.2 Å². The molecule has 4 unspecified atom stereocenters. The largest absolute Gasteiger partial charge is 1.00 e. The Morgan fingerprint density at radius 2 is 1.07 bits per heavy atom. The van der Waals surface area contributed by atoms with Crippen LogP contribution in [0, 0.1) is 220 Å². The zero-order valence-corrected chi connectivity index (χ0v) is 41.6. The number of terminal acetylenes is 2. The minimum atomic E-state index is -0.485. The van der Waals surface area contributed by atoms with E-state index in [0.29, 0.717) is 31.9 Å². The molecule has 0 spiro atoms. The predicted molar refractivity (Wildman–Crippen MR) is 350 cm³/mol. The van der Waals surface area contributed by atoms with Crippen LogP contribution in [0.3, 0.4) is 0 Å². The Morgan fingerprint density at radius 3 is 1.49 bits per heavy atom. The van der Waals surface area contributed by atoms with Crippen LogP contribution in [0.1, 0.15) is 130 Å². The summed E-state index contributed by atoms with van der Waals surface area (Å²) in [5.74, 6) is 82.5. The van der Waals surface area contributed by atoms with Crippen molar-refractivity contribution in [1.29, 1.82) is 0 Å². The molecule has 2 rings (SSSR count). The van der Waals surface area contributed by atoms with Crippen LogP contribution in [0.2, 0.25) is 0 Å². The molecule has 0 aliphatic carbocycles. The fraction of sp³-hybridized carbons (Fsp3) is 0.323. The van der Waals surface area contributed by atoms with E-state index in [9.17, 15) is 0 Å². The number of unbranched alkanes of at least 4 members (excludes halogenated alkanes) is 1. The first-order valence-electron chi connectivity index (χ1n) is 22.0. The highest BCUT2D eigenvalue weighted by Gasteiger charge is 2.35. The molecule has 1 aromatic rings. The van der Waals surface area contributed by atoms with Crippen LogP contribution in [0.15, 0.2) is 24.3 Å². The van der Waals surface area contributed by atoms with E-state index in [-0.39, 0.29) is 91.1 Å². The Kier molecular flexibility index (Phi) is 34.6. The minimum Gasteiger partial charge on any atom is -1.00 e. The molecule has 70 heavy (non-hydrogen) atoms. The number of nitrogens with zero attached hydrogens (tertiary/aromatic N) is 1. The van der Waals surface area contributed by atoms with Gasteiger partial charge >= 0.3 is 7.12 Å². The quantitative estimate of drug-likeness (QED) is 0.0389. The zero-order valence-electron chi connectivity index (χ0n) is 40.0. The number of hydrogen-bond donors (Lipinski definition) is 0. The lowest BCUT2D eigenvalue weighted by molar-refractivity contribution is -0.773. The second-order valence-corrected chi connectivity index (χ2v) is 14.3. The van der Waals surface area contributed by atoms with E-state index in [0.717, 1.165) is 37.1 Å². The van der Waals surface area contributed by atoms with Crippen molar-refractivity contribution in [2.75, 3.05) is 26.8 Å². The van der Waals surface area contributed by atoms with Gasteiger partial charge in [0, 0.05) is 159 Å².